The number of urea groups is 1. The molecule has 33 heavy (non-hydrogen) atoms. The van der Waals surface area contributed by atoms with E-state index in [1.807, 2.05) is 0 Å². The van der Waals surface area contributed by atoms with Crippen LogP contribution in [0.3, 0.4) is 0 Å². The van der Waals surface area contributed by atoms with E-state index < -0.39 is 24.0 Å². The van der Waals surface area contributed by atoms with Crippen LogP contribution in [-0.2, 0) is 22.5 Å². The number of ether oxygens (including phenoxy) is 1. The highest BCUT2D eigenvalue weighted by Gasteiger charge is 2.27. The number of amides is 3. The van der Waals surface area contributed by atoms with Gasteiger partial charge >= 0.3 is 12.0 Å². The summed E-state index contributed by atoms with van der Waals surface area (Å²) < 4.78 is 7.21. The molecule has 0 aliphatic carbocycles. The molecule has 1 aliphatic rings. The summed E-state index contributed by atoms with van der Waals surface area (Å²) in [5, 5.41) is 4.86. The van der Waals surface area contributed by atoms with E-state index in [-0.39, 0.29) is 11.1 Å². The van der Waals surface area contributed by atoms with Crippen molar-refractivity contribution in [2.45, 2.75) is 38.3 Å². The smallest absolute Gasteiger partial charge is 0.339 e. The molecule has 2 aromatic carbocycles. The summed E-state index contributed by atoms with van der Waals surface area (Å²) >= 11 is 0. The summed E-state index contributed by atoms with van der Waals surface area (Å²) in [5.41, 5.74) is 0.856. The van der Waals surface area contributed by atoms with Crippen LogP contribution in [0.25, 0.3) is 10.9 Å². The third-order valence-electron chi connectivity index (χ3n) is 5.58. The maximum absolute atomic E-state index is 12.9. The Bertz CT molecular complexity index is 1270. The van der Waals surface area contributed by atoms with E-state index >= 15 is 0 Å². The minimum Gasteiger partial charge on any atom is -0.444 e. The molecule has 4 rings (SSSR count). The number of nitrogens with one attached hydrogen (secondary N) is 2. The summed E-state index contributed by atoms with van der Waals surface area (Å²) in [5.74, 6) is -0.839. The molecule has 3 amide bonds. The summed E-state index contributed by atoms with van der Waals surface area (Å²) in [6.45, 7) is 0.639. The fraction of sp³-hybridized carbons (Fsp3) is 0.292. The lowest BCUT2D eigenvalue weighted by Gasteiger charge is -2.18. The van der Waals surface area contributed by atoms with Gasteiger partial charge in [-0.05, 0) is 31.0 Å². The molecular formula is C24H24N4O5. The number of hydrogen-bond donors (Lipinski definition) is 2. The molecular weight excluding hydrogens is 424 g/mol. The van der Waals surface area contributed by atoms with Gasteiger partial charge in [0.2, 0.25) is 6.10 Å². The Morgan fingerprint density at radius 3 is 2.61 bits per heavy atom. The first-order valence-corrected chi connectivity index (χ1v) is 10.8. The molecule has 1 aromatic heterocycles. The van der Waals surface area contributed by atoms with Crippen LogP contribution in [-0.4, -0.2) is 34.5 Å². The number of benzene rings is 2. The van der Waals surface area contributed by atoms with Gasteiger partial charge in [0.15, 0.2) is 0 Å². The van der Waals surface area contributed by atoms with Crippen molar-refractivity contribution in [3.63, 3.8) is 0 Å². The summed E-state index contributed by atoms with van der Waals surface area (Å²) in [6.07, 6.45) is 2.30. The lowest BCUT2D eigenvalue weighted by atomic mass is 10.1. The van der Waals surface area contributed by atoms with Crippen LogP contribution in [0.2, 0.25) is 0 Å². The van der Waals surface area contributed by atoms with Crippen LogP contribution in [0.1, 0.15) is 47.1 Å². The molecule has 0 spiro atoms. The fourth-order valence-corrected chi connectivity index (χ4v) is 3.86. The van der Waals surface area contributed by atoms with Crippen molar-refractivity contribution in [2.24, 2.45) is 0 Å². The quantitative estimate of drug-likeness (QED) is 0.592. The van der Waals surface area contributed by atoms with Gasteiger partial charge in [0.05, 0.1) is 16.5 Å². The molecule has 0 radical (unpaired) electrons. The average molecular weight is 448 g/mol. The van der Waals surface area contributed by atoms with Crippen molar-refractivity contribution in [1.82, 2.24) is 20.2 Å². The van der Waals surface area contributed by atoms with Gasteiger partial charge in [-0.1, -0.05) is 36.8 Å². The van der Waals surface area contributed by atoms with Crippen LogP contribution >= 0.6 is 0 Å². The van der Waals surface area contributed by atoms with E-state index in [0.717, 1.165) is 19.3 Å². The van der Waals surface area contributed by atoms with Gasteiger partial charge in [-0.2, -0.15) is 0 Å². The number of imide groups is 1. The third-order valence-corrected chi connectivity index (χ3v) is 5.58. The van der Waals surface area contributed by atoms with Crippen LogP contribution in [0, 0.1) is 0 Å². The van der Waals surface area contributed by atoms with Crippen molar-refractivity contribution in [3.8, 4) is 0 Å². The fourth-order valence-electron chi connectivity index (χ4n) is 3.86. The zero-order chi connectivity index (χ0) is 23.4. The average Bonchev–Trinajstić information content (AvgIpc) is 3.08. The van der Waals surface area contributed by atoms with Crippen LogP contribution < -0.4 is 16.2 Å². The van der Waals surface area contributed by atoms with Crippen LogP contribution in [0.15, 0.2) is 53.3 Å². The van der Waals surface area contributed by atoms with E-state index in [1.54, 1.807) is 41.0 Å². The number of fused-ring (bicyclic) bond motifs is 2. The van der Waals surface area contributed by atoms with E-state index in [9.17, 15) is 19.2 Å². The second kappa shape index (κ2) is 9.64. The van der Waals surface area contributed by atoms with Gasteiger partial charge in [0, 0.05) is 25.6 Å². The lowest BCUT2D eigenvalue weighted by molar-refractivity contribution is -0.129. The molecule has 9 heteroatoms. The number of carbonyl (C=O) groups excluding carboxylic acids is 3. The molecule has 1 unspecified atom stereocenters. The number of aromatic nitrogens is 2. The molecule has 170 valence electrons. The number of hydrogen-bond acceptors (Lipinski definition) is 6. The molecule has 2 heterocycles. The number of aryl methyl sites for hydroxylation is 1. The van der Waals surface area contributed by atoms with Crippen molar-refractivity contribution in [3.05, 3.63) is 75.8 Å². The van der Waals surface area contributed by atoms with Gasteiger partial charge in [-0.15, -0.1) is 0 Å². The number of rotatable bonds is 4. The normalized spacial score (nSPS) is 14.0. The Kier molecular flexibility index (Phi) is 6.48. The molecule has 9 nitrogen and oxygen atoms in total. The second-order valence-corrected chi connectivity index (χ2v) is 7.79. The standard InChI is InChI=1S/C24H24N4O5/c1-25-24(32)27-21(29)20(15-8-4-2-5-9-15)33-23(31)16-11-12-17-18(14-16)26-19-10-6-3-7-13-28(19)22(17)30/h2,4-5,8-9,11-12,14,20H,3,6-7,10,13H2,1H3,(H2,25,27,29,32). The summed E-state index contributed by atoms with van der Waals surface area (Å²) in [6, 6.07) is 12.2. The Labute approximate surface area is 189 Å². The van der Waals surface area contributed by atoms with Crippen molar-refractivity contribution >= 4 is 28.8 Å². The van der Waals surface area contributed by atoms with Gasteiger partial charge in [-0.25, -0.2) is 14.6 Å². The monoisotopic (exact) mass is 448 g/mol. The van der Waals surface area contributed by atoms with Crippen molar-refractivity contribution < 1.29 is 19.1 Å². The number of nitrogens with zero attached hydrogens (tertiary/aromatic N) is 2. The second-order valence-electron chi connectivity index (χ2n) is 7.79. The van der Waals surface area contributed by atoms with Gasteiger partial charge in [-0.3, -0.25) is 19.5 Å². The molecule has 2 N–H and O–H groups in total. The first kappa shape index (κ1) is 22.2. The number of carbonyl (C=O) groups is 3. The summed E-state index contributed by atoms with van der Waals surface area (Å²) in [7, 11) is 1.37. The summed E-state index contributed by atoms with van der Waals surface area (Å²) in [4.78, 5) is 54.7. The highest BCUT2D eigenvalue weighted by atomic mass is 16.5. The zero-order valence-electron chi connectivity index (χ0n) is 18.2. The molecule has 0 saturated carbocycles. The van der Waals surface area contributed by atoms with E-state index in [4.69, 9.17) is 4.74 Å². The predicted molar refractivity (Wildman–Crippen MR) is 121 cm³/mol. The van der Waals surface area contributed by atoms with Crippen LogP contribution in [0.5, 0.6) is 0 Å². The highest BCUT2D eigenvalue weighted by Crippen LogP contribution is 2.21. The van der Waals surface area contributed by atoms with Gasteiger partial charge in [0.1, 0.15) is 5.82 Å². The first-order valence-electron chi connectivity index (χ1n) is 10.8. The zero-order valence-corrected chi connectivity index (χ0v) is 18.2. The van der Waals surface area contributed by atoms with E-state index in [2.05, 4.69) is 15.6 Å². The molecule has 3 aromatic rings. The maximum Gasteiger partial charge on any atom is 0.339 e. The first-order chi connectivity index (χ1) is 16.0. The minimum atomic E-state index is -1.34. The van der Waals surface area contributed by atoms with Crippen LogP contribution in [0.4, 0.5) is 4.79 Å². The Morgan fingerprint density at radius 1 is 1.06 bits per heavy atom. The van der Waals surface area contributed by atoms with E-state index in [1.165, 1.54) is 19.2 Å². The minimum absolute atomic E-state index is 0.121. The molecule has 0 fully saturated rings. The predicted octanol–water partition coefficient (Wildman–Crippen LogP) is 2.48. The molecule has 1 atom stereocenters. The largest absolute Gasteiger partial charge is 0.444 e. The Hall–Kier alpha value is -4.01. The number of esters is 1. The third kappa shape index (κ3) is 4.77. The van der Waals surface area contributed by atoms with Gasteiger partial charge < -0.3 is 10.1 Å². The SMILES string of the molecule is CNC(=O)NC(=O)C(OC(=O)c1ccc2c(=O)n3c(nc2c1)CCCCC3)c1ccccc1. The van der Waals surface area contributed by atoms with Crippen molar-refractivity contribution in [1.29, 1.82) is 0 Å². The highest BCUT2D eigenvalue weighted by molar-refractivity contribution is 6.00. The topological polar surface area (TPSA) is 119 Å². The maximum atomic E-state index is 12.9. The van der Waals surface area contributed by atoms with Crippen molar-refractivity contribution in [2.75, 3.05) is 7.05 Å². The molecule has 1 aliphatic heterocycles. The lowest BCUT2D eigenvalue weighted by Crippen LogP contribution is -2.41. The Morgan fingerprint density at radius 2 is 1.85 bits per heavy atom. The molecule has 0 bridgehead atoms. The van der Waals surface area contributed by atoms with E-state index in [0.29, 0.717) is 35.3 Å². The Balaban J connectivity index is 1.65. The van der Waals surface area contributed by atoms with Gasteiger partial charge in [0.25, 0.3) is 11.5 Å². The molecule has 0 saturated heterocycles.